The number of aromatic nitrogens is 1. The summed E-state index contributed by atoms with van der Waals surface area (Å²) in [6, 6.07) is 18.4. The second kappa shape index (κ2) is 15.4. The summed E-state index contributed by atoms with van der Waals surface area (Å²) >= 11 is 5.97. The fourth-order valence-corrected chi connectivity index (χ4v) is 7.70. The molecule has 11 heteroatoms. The molecule has 1 atom stereocenters. The van der Waals surface area contributed by atoms with Crippen LogP contribution in [0.4, 0.5) is 4.39 Å². The van der Waals surface area contributed by atoms with Crippen LogP contribution in [0.2, 0.25) is 5.02 Å². The van der Waals surface area contributed by atoms with E-state index in [1.54, 1.807) is 36.4 Å². The summed E-state index contributed by atoms with van der Waals surface area (Å²) in [5.41, 5.74) is 4.11. The van der Waals surface area contributed by atoms with Gasteiger partial charge in [0.2, 0.25) is 10.0 Å². The van der Waals surface area contributed by atoms with E-state index in [1.807, 2.05) is 22.9 Å². The number of carbonyl (C=O) groups excluding carboxylic acids is 1. The number of sulfonamides is 1. The van der Waals surface area contributed by atoms with E-state index < -0.39 is 21.2 Å². The van der Waals surface area contributed by atoms with E-state index in [0.29, 0.717) is 29.1 Å². The molecule has 1 fully saturated rings. The van der Waals surface area contributed by atoms with Gasteiger partial charge in [0, 0.05) is 53.2 Å². The van der Waals surface area contributed by atoms with Crippen molar-refractivity contribution in [3.05, 3.63) is 119 Å². The number of hydrogen-bond donors (Lipinski definition) is 2. The van der Waals surface area contributed by atoms with Crippen molar-refractivity contribution in [2.45, 2.75) is 43.9 Å². The molecular formula is C36H39ClFN3O5S. The molecule has 1 unspecified atom stereocenters. The maximum atomic E-state index is 13.3. The molecule has 0 spiro atoms. The number of hydrogen-bond acceptors (Lipinski definition) is 5. The molecule has 0 amide bonds. The number of rotatable bonds is 15. The number of likely N-dealkylation sites (tertiary alicyclic amines) is 1. The number of carboxylic acids is 1. The lowest BCUT2D eigenvalue weighted by Gasteiger charge is -2.31. The Hall–Kier alpha value is -3.83. The number of nitrogens with one attached hydrogen (secondary N) is 1. The summed E-state index contributed by atoms with van der Waals surface area (Å²) in [6.45, 7) is 6.61. The van der Waals surface area contributed by atoms with Gasteiger partial charge in [-0.1, -0.05) is 35.9 Å². The Labute approximate surface area is 279 Å². The number of carbonyl (C=O) groups is 2. The van der Waals surface area contributed by atoms with Crippen LogP contribution in [0.15, 0.2) is 85.6 Å². The molecule has 0 radical (unpaired) electrons. The molecule has 0 bridgehead atoms. The van der Waals surface area contributed by atoms with Gasteiger partial charge in [-0.05, 0) is 104 Å². The summed E-state index contributed by atoms with van der Waals surface area (Å²) in [4.78, 5) is 26.6. The highest BCUT2D eigenvalue weighted by Gasteiger charge is 2.26. The first-order chi connectivity index (χ1) is 22.5. The van der Waals surface area contributed by atoms with Gasteiger partial charge in [-0.25, -0.2) is 17.5 Å². The molecule has 2 N–H and O–H groups in total. The van der Waals surface area contributed by atoms with Crippen molar-refractivity contribution < 1.29 is 27.5 Å². The van der Waals surface area contributed by atoms with Gasteiger partial charge in [-0.3, -0.25) is 9.59 Å². The number of Topliss-reactive ketones (excluding diaryl/α,β-unsaturated/α-hetero) is 1. The summed E-state index contributed by atoms with van der Waals surface area (Å²) in [5, 5.41) is 9.92. The zero-order chi connectivity index (χ0) is 33.6. The molecule has 1 aromatic heterocycles. The molecule has 1 saturated heterocycles. The van der Waals surface area contributed by atoms with E-state index in [0.717, 1.165) is 60.9 Å². The first-order valence-electron chi connectivity index (χ1n) is 15.7. The van der Waals surface area contributed by atoms with Gasteiger partial charge in [0.1, 0.15) is 11.1 Å². The molecule has 2 heterocycles. The normalized spacial score (nSPS) is 15.1. The smallest absolute Gasteiger partial charge is 0.305 e. The van der Waals surface area contributed by atoms with E-state index in [4.69, 9.17) is 11.6 Å². The van der Waals surface area contributed by atoms with Crippen molar-refractivity contribution in [2.24, 2.45) is 5.92 Å². The fraction of sp³-hybridized carbons (Fsp3) is 0.333. The lowest BCUT2D eigenvalue weighted by molar-refractivity contribution is -0.137. The topological polar surface area (TPSA) is 109 Å². The van der Waals surface area contributed by atoms with Crippen molar-refractivity contribution in [3.63, 3.8) is 0 Å². The molecule has 0 saturated carbocycles. The highest BCUT2D eigenvalue weighted by molar-refractivity contribution is 7.89. The molecule has 0 aliphatic carbocycles. The zero-order valence-corrected chi connectivity index (χ0v) is 27.6. The Balaban J connectivity index is 1.23. The van der Waals surface area contributed by atoms with Crippen molar-refractivity contribution >= 4 is 44.3 Å². The predicted molar refractivity (Wildman–Crippen MR) is 183 cm³/mol. The average Bonchev–Trinajstić information content (AvgIpc) is 3.40. The van der Waals surface area contributed by atoms with Gasteiger partial charge >= 0.3 is 5.97 Å². The van der Waals surface area contributed by atoms with Gasteiger partial charge in [0.25, 0.3) is 0 Å². The summed E-state index contributed by atoms with van der Waals surface area (Å²) in [6.07, 6.45) is 6.10. The van der Waals surface area contributed by atoms with Crippen LogP contribution in [0.3, 0.4) is 0 Å². The van der Waals surface area contributed by atoms with Crippen molar-refractivity contribution in [1.82, 2.24) is 14.2 Å². The predicted octanol–water partition coefficient (Wildman–Crippen LogP) is 6.44. The van der Waals surface area contributed by atoms with E-state index in [9.17, 15) is 27.5 Å². The molecule has 5 rings (SSSR count). The molecule has 1 aliphatic rings. The number of fused-ring (bicyclic) bond motifs is 1. The van der Waals surface area contributed by atoms with Crippen LogP contribution >= 0.6 is 11.6 Å². The first kappa shape index (κ1) is 34.5. The molecule has 47 heavy (non-hydrogen) atoms. The third kappa shape index (κ3) is 8.75. The molecule has 1 aliphatic heterocycles. The highest BCUT2D eigenvalue weighted by Crippen LogP contribution is 2.27. The van der Waals surface area contributed by atoms with Crippen LogP contribution in [0, 0.1) is 11.7 Å². The van der Waals surface area contributed by atoms with Crippen LogP contribution in [0.25, 0.3) is 10.9 Å². The van der Waals surface area contributed by atoms with Crippen LogP contribution in [0.5, 0.6) is 0 Å². The largest absolute Gasteiger partial charge is 0.481 e. The third-order valence-electron chi connectivity index (χ3n) is 8.84. The van der Waals surface area contributed by atoms with Crippen LogP contribution in [-0.2, 0) is 34.2 Å². The Bertz CT molecular complexity index is 1830. The monoisotopic (exact) mass is 679 g/mol. The second-order valence-electron chi connectivity index (χ2n) is 12.0. The Morgan fingerprint density at radius 1 is 1.02 bits per heavy atom. The number of ketones is 1. The van der Waals surface area contributed by atoms with E-state index in [2.05, 4.69) is 22.3 Å². The van der Waals surface area contributed by atoms with E-state index >= 15 is 0 Å². The Morgan fingerprint density at radius 2 is 1.72 bits per heavy atom. The van der Waals surface area contributed by atoms with Crippen molar-refractivity contribution in [3.8, 4) is 0 Å². The lowest BCUT2D eigenvalue weighted by Crippen LogP contribution is -2.37. The number of piperidine rings is 1. The van der Waals surface area contributed by atoms with Gasteiger partial charge in [0.15, 0.2) is 5.78 Å². The van der Waals surface area contributed by atoms with Gasteiger partial charge < -0.3 is 14.6 Å². The maximum Gasteiger partial charge on any atom is 0.305 e. The molecule has 248 valence electrons. The SMILES string of the molecule is C=CC(c1ccc(Cl)cc1)S(=O)(=O)NCCc1ccc2c(c1)c(CCN1CCC(C(=O)c3ccc(F)cc3)CC1)cn2CCC(=O)O. The minimum absolute atomic E-state index is 0.000435. The number of benzene rings is 3. The number of nitrogens with zero attached hydrogens (tertiary/aromatic N) is 2. The first-order valence-corrected chi connectivity index (χ1v) is 17.7. The summed E-state index contributed by atoms with van der Waals surface area (Å²) in [7, 11) is -3.73. The quantitative estimate of drug-likeness (QED) is 0.111. The van der Waals surface area contributed by atoms with E-state index in [-0.39, 0.29) is 30.5 Å². The van der Waals surface area contributed by atoms with Crippen molar-refractivity contribution in [2.75, 3.05) is 26.2 Å². The zero-order valence-electron chi connectivity index (χ0n) is 26.1. The molecular weight excluding hydrogens is 641 g/mol. The molecule has 8 nitrogen and oxygen atoms in total. The Morgan fingerprint density at radius 3 is 2.38 bits per heavy atom. The number of aryl methyl sites for hydroxylation is 1. The number of aliphatic carboxylic acids is 1. The third-order valence-corrected chi connectivity index (χ3v) is 10.8. The van der Waals surface area contributed by atoms with Gasteiger partial charge in [0.05, 0.1) is 6.42 Å². The van der Waals surface area contributed by atoms with Gasteiger partial charge in [-0.2, -0.15) is 0 Å². The highest BCUT2D eigenvalue weighted by atomic mass is 35.5. The van der Waals surface area contributed by atoms with E-state index in [1.165, 1.54) is 18.2 Å². The summed E-state index contributed by atoms with van der Waals surface area (Å²) in [5.74, 6) is -1.25. The standard InChI is InChI=1S/C36H39ClFN3O5S/c1-2-34(26-4-8-30(37)9-5-26)47(45,46)39-18-13-25-3-12-33-32(23-25)29(24-41(33)22-17-35(42)43)16-21-40-19-14-28(15-20-40)36(44)27-6-10-31(38)11-7-27/h2-12,23-24,28,34,39H,1,13-22H2,(H,42,43). The fourth-order valence-electron chi connectivity index (χ4n) is 6.24. The van der Waals surface area contributed by atoms with Crippen LogP contribution < -0.4 is 4.72 Å². The molecule has 3 aromatic carbocycles. The van der Waals surface area contributed by atoms with Gasteiger partial charge in [-0.15, -0.1) is 6.58 Å². The lowest BCUT2D eigenvalue weighted by atomic mass is 9.89. The second-order valence-corrected chi connectivity index (χ2v) is 14.3. The maximum absolute atomic E-state index is 13.3. The number of carboxylic acid groups (broad SMARTS) is 1. The summed E-state index contributed by atoms with van der Waals surface area (Å²) < 4.78 is 44.2. The minimum atomic E-state index is -3.73. The Kier molecular flexibility index (Phi) is 11.3. The minimum Gasteiger partial charge on any atom is -0.481 e. The molecule has 4 aromatic rings. The van der Waals surface area contributed by atoms with Crippen molar-refractivity contribution in [1.29, 1.82) is 0 Å². The van der Waals surface area contributed by atoms with Crippen LogP contribution in [0.1, 0.15) is 51.6 Å². The van der Waals surface area contributed by atoms with Crippen LogP contribution in [-0.4, -0.2) is 60.9 Å². The number of halogens is 2. The average molecular weight is 680 g/mol.